The van der Waals surface area contributed by atoms with E-state index in [2.05, 4.69) is 20.9 Å². The summed E-state index contributed by atoms with van der Waals surface area (Å²) in [5.74, 6) is -0.472. The van der Waals surface area contributed by atoms with Crippen molar-refractivity contribution in [3.05, 3.63) is 48.0 Å². The van der Waals surface area contributed by atoms with Crippen molar-refractivity contribution in [3.63, 3.8) is 0 Å². The van der Waals surface area contributed by atoms with Gasteiger partial charge in [0.25, 0.3) is 5.91 Å². The minimum absolute atomic E-state index is 0.0134. The van der Waals surface area contributed by atoms with Gasteiger partial charge in [-0.2, -0.15) is 0 Å². The number of carbonyl (C=O) groups excluding carboxylic acids is 3. The van der Waals surface area contributed by atoms with E-state index in [0.717, 1.165) is 25.1 Å². The van der Waals surface area contributed by atoms with Crippen molar-refractivity contribution in [3.8, 4) is 0 Å². The van der Waals surface area contributed by atoms with Crippen LogP contribution in [-0.2, 0) is 9.59 Å². The summed E-state index contributed by atoms with van der Waals surface area (Å²) in [6.45, 7) is 2.28. The summed E-state index contributed by atoms with van der Waals surface area (Å²) in [5.41, 5.74) is 3.27. The second-order valence-electron chi connectivity index (χ2n) is 6.79. The minimum Gasteiger partial charge on any atom is -0.358 e. The Kier molecular flexibility index (Phi) is 4.27. The Morgan fingerprint density at radius 2 is 1.89 bits per heavy atom. The summed E-state index contributed by atoms with van der Waals surface area (Å²) in [6, 6.07) is 12.2. The Hall–Kier alpha value is -3.35. The van der Waals surface area contributed by atoms with Crippen molar-refractivity contribution in [2.75, 3.05) is 27.4 Å². The molecule has 7 heteroatoms. The summed E-state index contributed by atoms with van der Waals surface area (Å²) in [4.78, 5) is 38.1. The number of nitrogens with zero attached hydrogens (tertiary/aromatic N) is 1. The second kappa shape index (κ2) is 6.75. The zero-order valence-electron chi connectivity index (χ0n) is 14.9. The molecule has 1 atom stereocenters. The fraction of sp³-hybridized carbons (Fsp3) is 0.250. The Labute approximate surface area is 156 Å². The molecular formula is C20H20N4O3. The third-order valence-corrected chi connectivity index (χ3v) is 4.82. The molecule has 0 bridgehead atoms. The van der Waals surface area contributed by atoms with E-state index < -0.39 is 0 Å². The molecule has 0 unspecified atom stereocenters. The average molecular weight is 364 g/mol. The van der Waals surface area contributed by atoms with Crippen LogP contribution in [0.15, 0.2) is 42.5 Å². The van der Waals surface area contributed by atoms with Gasteiger partial charge in [0.15, 0.2) is 0 Å². The number of amides is 3. The van der Waals surface area contributed by atoms with Gasteiger partial charge in [0.1, 0.15) is 6.04 Å². The van der Waals surface area contributed by atoms with Crippen LogP contribution < -0.4 is 20.9 Å². The van der Waals surface area contributed by atoms with Gasteiger partial charge in [0, 0.05) is 30.4 Å². The van der Waals surface area contributed by atoms with Crippen molar-refractivity contribution in [1.82, 2.24) is 0 Å². The van der Waals surface area contributed by atoms with E-state index in [0.29, 0.717) is 22.6 Å². The lowest BCUT2D eigenvalue weighted by molar-refractivity contribution is -0.117. The van der Waals surface area contributed by atoms with Gasteiger partial charge < -0.3 is 20.9 Å². The number of fused-ring (bicyclic) bond motifs is 3. The van der Waals surface area contributed by atoms with Gasteiger partial charge >= 0.3 is 0 Å². The lowest BCUT2D eigenvalue weighted by Gasteiger charge is -2.33. The van der Waals surface area contributed by atoms with Crippen LogP contribution in [-0.4, -0.2) is 30.3 Å². The molecule has 4 rings (SSSR count). The molecule has 1 saturated heterocycles. The van der Waals surface area contributed by atoms with Gasteiger partial charge in [-0.15, -0.1) is 0 Å². The molecule has 2 aromatic rings. The van der Waals surface area contributed by atoms with E-state index in [1.54, 1.807) is 36.4 Å². The largest absolute Gasteiger partial charge is 0.358 e. The number of nitrogens with one attached hydrogen (secondary N) is 3. The van der Waals surface area contributed by atoms with Gasteiger partial charge in [-0.25, -0.2) is 0 Å². The maximum Gasteiger partial charge on any atom is 0.255 e. The molecule has 0 radical (unpaired) electrons. The molecule has 0 saturated carbocycles. The second-order valence-corrected chi connectivity index (χ2v) is 6.79. The average Bonchev–Trinajstić information content (AvgIpc) is 3.12. The van der Waals surface area contributed by atoms with Crippen molar-refractivity contribution in [2.45, 2.75) is 25.8 Å². The summed E-state index contributed by atoms with van der Waals surface area (Å²) in [7, 11) is 0. The van der Waals surface area contributed by atoms with Gasteiger partial charge in [-0.05, 0) is 49.2 Å². The quantitative estimate of drug-likeness (QED) is 0.781. The fourth-order valence-electron chi connectivity index (χ4n) is 3.65. The topological polar surface area (TPSA) is 90.5 Å². The number of hydrogen-bond donors (Lipinski definition) is 3. The van der Waals surface area contributed by atoms with Crippen LogP contribution in [0.3, 0.4) is 0 Å². The highest BCUT2D eigenvalue weighted by molar-refractivity contribution is 6.09. The van der Waals surface area contributed by atoms with Gasteiger partial charge in [0.2, 0.25) is 11.8 Å². The van der Waals surface area contributed by atoms with Crippen molar-refractivity contribution >= 4 is 40.5 Å². The first kappa shape index (κ1) is 17.1. The van der Waals surface area contributed by atoms with E-state index in [1.165, 1.54) is 6.92 Å². The highest BCUT2D eigenvalue weighted by Gasteiger charge is 2.36. The van der Waals surface area contributed by atoms with Crippen molar-refractivity contribution < 1.29 is 14.4 Å². The molecule has 3 amide bonds. The van der Waals surface area contributed by atoms with E-state index in [-0.39, 0.29) is 23.8 Å². The standard InChI is InChI=1S/C20H20N4O3/c1-12(25)21-14-4-2-5-15(11-14)22-19(26)13-7-8-17-16(10-13)23-20(27)18-6-3-9-24(17)18/h2,4-5,7-8,10-11,18H,3,6,9H2,1H3,(H,21,25)(H,22,26)(H,23,27)/t18-/m1/s1. The molecule has 3 N–H and O–H groups in total. The third kappa shape index (κ3) is 3.36. The number of carbonyl (C=O) groups is 3. The smallest absolute Gasteiger partial charge is 0.255 e. The zero-order chi connectivity index (χ0) is 19.0. The van der Waals surface area contributed by atoms with Crippen LogP contribution in [0.2, 0.25) is 0 Å². The fourth-order valence-corrected chi connectivity index (χ4v) is 3.65. The van der Waals surface area contributed by atoms with E-state index in [9.17, 15) is 14.4 Å². The third-order valence-electron chi connectivity index (χ3n) is 4.82. The monoisotopic (exact) mass is 364 g/mol. The maximum atomic E-state index is 12.6. The lowest BCUT2D eigenvalue weighted by atomic mass is 10.1. The van der Waals surface area contributed by atoms with Crippen LogP contribution in [0.4, 0.5) is 22.7 Å². The first-order valence-electron chi connectivity index (χ1n) is 8.92. The van der Waals surface area contributed by atoms with Crippen LogP contribution in [0.5, 0.6) is 0 Å². The normalized spacial score (nSPS) is 17.6. The molecular weight excluding hydrogens is 344 g/mol. The summed E-state index contributed by atoms with van der Waals surface area (Å²) in [5, 5.41) is 8.41. The van der Waals surface area contributed by atoms with Gasteiger partial charge in [-0.1, -0.05) is 6.07 Å². The van der Waals surface area contributed by atoms with Crippen molar-refractivity contribution in [1.29, 1.82) is 0 Å². The Bertz CT molecular complexity index is 941. The number of hydrogen-bond acceptors (Lipinski definition) is 4. The van der Waals surface area contributed by atoms with Crippen LogP contribution in [0.1, 0.15) is 30.1 Å². The lowest BCUT2D eigenvalue weighted by Crippen LogP contribution is -2.43. The first-order chi connectivity index (χ1) is 13.0. The molecule has 1 fully saturated rings. The number of benzene rings is 2. The Morgan fingerprint density at radius 1 is 1.11 bits per heavy atom. The molecule has 2 aliphatic heterocycles. The van der Waals surface area contributed by atoms with E-state index in [4.69, 9.17) is 0 Å². The number of rotatable bonds is 3. The number of anilines is 4. The first-order valence-corrected chi connectivity index (χ1v) is 8.92. The maximum absolute atomic E-state index is 12.6. The molecule has 0 spiro atoms. The molecule has 0 aliphatic carbocycles. The van der Waals surface area contributed by atoms with Crippen LogP contribution in [0, 0.1) is 0 Å². The van der Waals surface area contributed by atoms with Gasteiger partial charge in [-0.3, -0.25) is 14.4 Å². The molecule has 27 heavy (non-hydrogen) atoms. The predicted molar refractivity (Wildman–Crippen MR) is 104 cm³/mol. The minimum atomic E-state index is -0.282. The summed E-state index contributed by atoms with van der Waals surface area (Å²) >= 11 is 0. The molecule has 2 aromatic carbocycles. The highest BCUT2D eigenvalue weighted by Crippen LogP contribution is 2.37. The van der Waals surface area contributed by atoms with E-state index in [1.807, 2.05) is 6.07 Å². The molecule has 7 nitrogen and oxygen atoms in total. The molecule has 2 heterocycles. The predicted octanol–water partition coefficient (Wildman–Crippen LogP) is 2.82. The van der Waals surface area contributed by atoms with Crippen LogP contribution >= 0.6 is 0 Å². The Morgan fingerprint density at radius 3 is 2.67 bits per heavy atom. The van der Waals surface area contributed by atoms with Crippen LogP contribution in [0.25, 0.3) is 0 Å². The summed E-state index contributed by atoms with van der Waals surface area (Å²) in [6.07, 6.45) is 1.85. The molecule has 2 aliphatic rings. The highest BCUT2D eigenvalue weighted by atomic mass is 16.2. The zero-order valence-corrected chi connectivity index (χ0v) is 14.9. The van der Waals surface area contributed by atoms with E-state index >= 15 is 0 Å². The molecule has 138 valence electrons. The Balaban J connectivity index is 1.54. The van der Waals surface area contributed by atoms with Gasteiger partial charge in [0.05, 0.1) is 11.4 Å². The summed E-state index contributed by atoms with van der Waals surface area (Å²) < 4.78 is 0. The SMILES string of the molecule is CC(=O)Nc1cccc(NC(=O)c2ccc3c(c2)NC(=O)[C@H]2CCCN32)c1. The molecule has 0 aromatic heterocycles. The van der Waals surface area contributed by atoms with Crippen molar-refractivity contribution in [2.24, 2.45) is 0 Å².